The van der Waals surface area contributed by atoms with Gasteiger partial charge in [-0.05, 0) is 77.1 Å². The molecule has 2 aromatic rings. The molecule has 1 aliphatic rings. The second-order valence-electron chi connectivity index (χ2n) is 12.0. The fourth-order valence-electron chi connectivity index (χ4n) is 4.28. The van der Waals surface area contributed by atoms with E-state index in [4.69, 9.17) is 18.9 Å². The summed E-state index contributed by atoms with van der Waals surface area (Å²) in [7, 11) is 1.95. The van der Waals surface area contributed by atoms with Crippen LogP contribution in [-0.2, 0) is 103 Å². The molecule has 3 atom stereocenters. The Morgan fingerprint density at radius 1 is 1.08 bits per heavy atom. The standard InChI is InChI=1S/C26H29N2O11.C8H19NO.Ta.Tb.Y/c1-2-27-24(32)19-8-16(4-6-21(19)38-23-10-18(31)9-22(39-23)25(33)34)12-37-26(35)28-20-5-3-15(11-29)7-17(20)13-36-14-30;1-7(2)10-6-8(3,4)9-5;;;/h3-8,18,22-23,29,31H,2,9-13H2,1H3,(H,27,32)(H,28,35)(H,33,34);7,9H,6H2,1-5H3;;;/q-1;;;;. The first-order valence-corrected chi connectivity index (χ1v) is 15.8. The number of aliphatic hydroxyl groups excluding tert-OH is 2. The van der Waals surface area contributed by atoms with Crippen molar-refractivity contribution in [1.82, 2.24) is 10.6 Å². The minimum atomic E-state index is -1.25. The number of rotatable bonds is 16. The van der Waals surface area contributed by atoms with E-state index in [1.807, 2.05) is 20.9 Å². The van der Waals surface area contributed by atoms with E-state index in [0.717, 1.165) is 6.61 Å². The van der Waals surface area contributed by atoms with Crippen LogP contribution in [0, 0.1) is 38.6 Å². The van der Waals surface area contributed by atoms with Gasteiger partial charge in [0.05, 0.1) is 43.3 Å². The SMILES string of the molecule is CCNC(=O)c1cc(COC(=O)Nc2ccc(CO)cc2CO[C-]=O)ccc1OC1CC(O)CC(C(=O)O)O1.CNC(C)(C)COC(C)C.[Ta].[Tb].[Y]. The van der Waals surface area contributed by atoms with Crippen molar-refractivity contribution >= 4 is 30.1 Å². The average Bonchev–Trinajstić information content (AvgIpc) is 3.06. The van der Waals surface area contributed by atoms with E-state index in [1.165, 1.54) is 24.7 Å². The van der Waals surface area contributed by atoms with Gasteiger partial charge in [0, 0.05) is 124 Å². The third-order valence-electron chi connectivity index (χ3n) is 7.13. The minimum Gasteiger partial charge on any atom is -0.650 e. The Morgan fingerprint density at radius 2 is 1.75 bits per heavy atom. The van der Waals surface area contributed by atoms with Gasteiger partial charge in [-0.3, -0.25) is 10.1 Å². The Kier molecular flexibility index (Phi) is 27.9. The molecule has 2 amide bonds. The van der Waals surface area contributed by atoms with Crippen LogP contribution in [0.1, 0.15) is 74.5 Å². The van der Waals surface area contributed by atoms with Gasteiger partial charge < -0.3 is 54.4 Å². The van der Waals surface area contributed by atoms with Crippen LogP contribution in [0.25, 0.3) is 0 Å². The number of anilines is 1. The maximum Gasteiger partial charge on any atom is 0.411 e. The van der Waals surface area contributed by atoms with Crippen LogP contribution >= 0.6 is 0 Å². The van der Waals surface area contributed by atoms with Crippen LogP contribution in [0.4, 0.5) is 10.5 Å². The summed E-state index contributed by atoms with van der Waals surface area (Å²) < 4.78 is 26.5. The normalized spacial score (nSPS) is 16.3. The number of carbonyl (C=O) groups excluding carboxylic acids is 3. The van der Waals surface area contributed by atoms with Gasteiger partial charge in [-0.1, -0.05) is 18.6 Å². The van der Waals surface area contributed by atoms with Gasteiger partial charge in [0.2, 0.25) is 6.29 Å². The molecule has 0 saturated carbocycles. The summed E-state index contributed by atoms with van der Waals surface area (Å²) in [4.78, 5) is 46.9. The summed E-state index contributed by atoms with van der Waals surface area (Å²) in [5, 5.41) is 36.9. The maximum absolute atomic E-state index is 12.7. The van der Waals surface area contributed by atoms with E-state index in [-0.39, 0.29) is 143 Å². The Hall–Kier alpha value is -1.15. The van der Waals surface area contributed by atoms with E-state index < -0.39 is 36.5 Å². The number of amides is 2. The minimum absolute atomic E-state index is 0. The van der Waals surface area contributed by atoms with Crippen LogP contribution in [0.15, 0.2) is 36.4 Å². The second kappa shape index (κ2) is 27.4. The Bertz CT molecular complexity index is 1410. The number of carbonyl (C=O) groups is 3. The molecule has 6 N–H and O–H groups in total. The number of hydrogen-bond donors (Lipinski definition) is 6. The Balaban J connectivity index is 0. The third-order valence-corrected chi connectivity index (χ3v) is 7.13. The molecular formula is C34H48N3O12TaTbY-. The molecule has 1 fully saturated rings. The van der Waals surface area contributed by atoms with Crippen molar-refractivity contribution in [3.63, 3.8) is 0 Å². The quantitative estimate of drug-likeness (QED) is 0.134. The summed E-state index contributed by atoms with van der Waals surface area (Å²) >= 11 is 0. The topological polar surface area (TPSA) is 211 Å². The van der Waals surface area contributed by atoms with E-state index >= 15 is 0 Å². The van der Waals surface area contributed by atoms with Gasteiger partial charge >= 0.3 is 12.1 Å². The molecule has 0 bridgehead atoms. The molecule has 2 aromatic carbocycles. The van der Waals surface area contributed by atoms with Gasteiger partial charge in [-0.2, -0.15) is 0 Å². The van der Waals surface area contributed by atoms with Gasteiger partial charge in [-0.25, -0.2) is 9.59 Å². The summed E-state index contributed by atoms with van der Waals surface area (Å²) in [6.07, 6.45) is -3.86. The van der Waals surface area contributed by atoms with Crippen molar-refractivity contribution < 1.29 is 152 Å². The molecule has 3 unspecified atom stereocenters. The molecule has 0 spiro atoms. The van der Waals surface area contributed by atoms with Crippen LogP contribution in [0.3, 0.4) is 0 Å². The van der Waals surface area contributed by atoms with Crippen molar-refractivity contribution in [2.75, 3.05) is 25.5 Å². The van der Waals surface area contributed by atoms with Gasteiger partial charge in [0.15, 0.2) is 6.10 Å². The van der Waals surface area contributed by atoms with Crippen LogP contribution < -0.4 is 20.7 Å². The van der Waals surface area contributed by atoms with Crippen molar-refractivity contribution in [1.29, 1.82) is 0 Å². The largest absolute Gasteiger partial charge is 0.650 e. The average molecular weight is 1120 g/mol. The number of nitrogens with one attached hydrogen (secondary N) is 3. The van der Waals surface area contributed by atoms with E-state index in [1.54, 1.807) is 25.1 Å². The first-order valence-electron chi connectivity index (χ1n) is 15.8. The molecule has 18 heteroatoms. The second-order valence-corrected chi connectivity index (χ2v) is 12.0. The van der Waals surface area contributed by atoms with Crippen LogP contribution in [-0.4, -0.2) is 90.1 Å². The molecule has 0 aliphatic carbocycles. The summed E-state index contributed by atoms with van der Waals surface area (Å²) in [5.74, 6) is -1.62. The number of benzene rings is 2. The predicted molar refractivity (Wildman–Crippen MR) is 177 cm³/mol. The zero-order valence-electron chi connectivity index (χ0n) is 30.1. The molecular weight excluding hydrogens is 1070 g/mol. The molecule has 1 aliphatic heterocycles. The third kappa shape index (κ3) is 19.4. The predicted octanol–water partition coefficient (Wildman–Crippen LogP) is 2.99. The van der Waals surface area contributed by atoms with Crippen molar-refractivity contribution in [3.8, 4) is 5.75 Å². The van der Waals surface area contributed by atoms with Crippen LogP contribution in [0.5, 0.6) is 5.75 Å². The fourth-order valence-corrected chi connectivity index (χ4v) is 4.28. The first-order chi connectivity index (χ1) is 23.2. The van der Waals surface area contributed by atoms with Gasteiger partial charge in [-0.15, -0.1) is 0 Å². The molecule has 15 nitrogen and oxygen atoms in total. The number of ether oxygens (including phenoxy) is 5. The zero-order chi connectivity index (χ0) is 36.6. The summed E-state index contributed by atoms with van der Waals surface area (Å²) in [6.45, 7) is 11.8. The number of aliphatic hydroxyl groups is 2. The van der Waals surface area contributed by atoms with Crippen molar-refractivity contribution in [2.45, 2.75) is 97.4 Å². The number of hydrogen-bond acceptors (Lipinski definition) is 12. The van der Waals surface area contributed by atoms with Crippen molar-refractivity contribution in [3.05, 3.63) is 58.7 Å². The zero-order valence-corrected chi connectivity index (χ0v) is 38.3. The smallest absolute Gasteiger partial charge is 0.411 e. The number of aliphatic carboxylic acids is 1. The molecule has 289 valence electrons. The van der Waals surface area contributed by atoms with Gasteiger partial charge in [0.1, 0.15) is 12.4 Å². The van der Waals surface area contributed by atoms with Crippen molar-refractivity contribution in [2.24, 2.45) is 0 Å². The van der Waals surface area contributed by atoms with E-state index in [0.29, 0.717) is 35.0 Å². The van der Waals surface area contributed by atoms with E-state index in [2.05, 4.69) is 34.5 Å². The first kappa shape index (κ1) is 53.0. The molecule has 1 saturated heterocycles. The number of carboxylic acid groups (broad SMARTS) is 1. The Morgan fingerprint density at radius 3 is 2.33 bits per heavy atom. The summed E-state index contributed by atoms with van der Waals surface area (Å²) in [6, 6.07) is 9.12. The molecule has 3 rings (SSSR count). The van der Waals surface area contributed by atoms with Crippen LogP contribution in [0.2, 0.25) is 0 Å². The molecule has 0 aromatic heterocycles. The Labute approximate surface area is 376 Å². The fraction of sp³-hybridized carbons (Fsp3) is 0.529. The van der Waals surface area contributed by atoms with E-state index in [9.17, 15) is 34.5 Å². The number of carboxylic acids is 1. The number of likely N-dealkylation sites (N-methyl/N-ethyl adjacent to an activating group) is 1. The molecule has 52 heavy (non-hydrogen) atoms. The summed E-state index contributed by atoms with van der Waals surface area (Å²) in [5.41, 5.74) is 1.91. The maximum atomic E-state index is 12.7. The molecule has 1 heterocycles. The molecule has 3 radical (unpaired) electrons. The van der Waals surface area contributed by atoms with Gasteiger partial charge in [0.25, 0.3) is 5.91 Å². The monoisotopic (exact) mass is 1120 g/mol.